The zero-order valence-electron chi connectivity index (χ0n) is 30.5. The van der Waals surface area contributed by atoms with E-state index in [1.165, 1.54) is 37.4 Å². The first-order valence-corrected chi connectivity index (χ1v) is 18.1. The molecule has 0 bridgehead atoms. The smallest absolute Gasteiger partial charge is 0.359 e. The predicted molar refractivity (Wildman–Crippen MR) is 207 cm³/mol. The first kappa shape index (κ1) is 37.0. The Bertz CT molecular complexity index is 2620. The number of rotatable bonds is 11. The molecule has 1 aliphatic carbocycles. The average Bonchev–Trinajstić information content (AvgIpc) is 3.78. The molecule has 0 spiro atoms. The summed E-state index contributed by atoms with van der Waals surface area (Å²) in [5, 5.41) is 9.95. The van der Waals surface area contributed by atoms with Crippen molar-refractivity contribution < 1.29 is 37.3 Å². The Morgan fingerprint density at radius 2 is 1.65 bits per heavy atom. The molecule has 1 aromatic heterocycles. The quantitative estimate of drug-likeness (QED) is 0.119. The summed E-state index contributed by atoms with van der Waals surface area (Å²) in [7, 11) is 3.09. The topological polar surface area (TPSA) is 116 Å². The third kappa shape index (κ3) is 6.83. The summed E-state index contributed by atoms with van der Waals surface area (Å²) >= 11 is 6.47. The number of aliphatic imine (C=N–C) groups is 1. The molecule has 13 heteroatoms. The van der Waals surface area contributed by atoms with Gasteiger partial charge < -0.3 is 28.6 Å². The highest BCUT2D eigenvalue weighted by atomic mass is 35.5. The molecule has 0 radical (unpaired) electrons. The normalized spacial score (nSPS) is 15.2. The molecule has 1 unspecified atom stereocenters. The summed E-state index contributed by atoms with van der Waals surface area (Å²) < 4.78 is 61.7. The van der Waals surface area contributed by atoms with Gasteiger partial charge in [-0.15, -0.1) is 0 Å². The number of nitrogens with zero attached hydrogens (tertiary/aromatic N) is 4. The number of ether oxygens (including phenoxy) is 5. The molecule has 2 heterocycles. The standard InChI is InChI=1S/C44H31ClF2N4O6/c1-51-19-18-49-41(51)32-22-29(57-44(43(52)53-2)33-11-7-6-10-30(33)31-15-13-28(45)21-34(31)44)14-17-36(32)55-40-35(46)24-50-42(39(40)47)56-38-20-27(23-48)12-16-37(38)54-25-26-8-4-3-5-9-26/h3-17,20-22,24H,18-19,25H2,1-2H3. The van der Waals surface area contributed by atoms with Crippen LogP contribution in [0.4, 0.5) is 8.78 Å². The van der Waals surface area contributed by atoms with E-state index in [1.54, 1.807) is 30.3 Å². The third-order valence-corrected chi connectivity index (χ3v) is 9.81. The minimum Gasteiger partial charge on any atom is -0.485 e. The molecule has 10 nitrogen and oxygen atoms in total. The van der Waals surface area contributed by atoms with Crippen molar-refractivity contribution in [3.8, 4) is 51.8 Å². The van der Waals surface area contributed by atoms with Crippen LogP contribution in [0.2, 0.25) is 5.02 Å². The molecule has 1 aliphatic heterocycles. The lowest BCUT2D eigenvalue weighted by atomic mass is 9.91. The largest absolute Gasteiger partial charge is 0.485 e. The summed E-state index contributed by atoms with van der Waals surface area (Å²) in [6.07, 6.45) is 0.767. The minimum atomic E-state index is -1.75. The van der Waals surface area contributed by atoms with Gasteiger partial charge in [-0.1, -0.05) is 72.3 Å². The second-order valence-corrected chi connectivity index (χ2v) is 13.5. The number of hydrogen-bond acceptors (Lipinski definition) is 10. The second-order valence-electron chi connectivity index (χ2n) is 13.1. The predicted octanol–water partition coefficient (Wildman–Crippen LogP) is 9.22. The maximum atomic E-state index is 16.3. The van der Waals surface area contributed by atoms with E-state index >= 15 is 8.78 Å². The molecule has 0 amide bonds. The number of likely N-dealkylation sites (N-methyl/N-ethyl adjacent to an activating group) is 1. The number of halogens is 3. The fourth-order valence-corrected chi connectivity index (χ4v) is 7.06. The number of aromatic nitrogens is 1. The van der Waals surface area contributed by atoms with Gasteiger partial charge in [0.25, 0.3) is 11.5 Å². The van der Waals surface area contributed by atoms with Crippen molar-refractivity contribution in [3.05, 3.63) is 160 Å². The summed E-state index contributed by atoms with van der Waals surface area (Å²) in [5.41, 5.74) is 2.20. The number of amidine groups is 1. The number of pyridine rings is 1. The Hall–Kier alpha value is -6.97. The Kier molecular flexibility index (Phi) is 9.91. The van der Waals surface area contributed by atoms with Gasteiger partial charge in [-0.3, -0.25) is 4.99 Å². The van der Waals surface area contributed by atoms with Crippen LogP contribution in [0.3, 0.4) is 0 Å². The molecule has 0 saturated heterocycles. The van der Waals surface area contributed by atoms with Crippen LogP contribution in [-0.4, -0.2) is 48.9 Å². The number of carbonyl (C=O) groups is 1. The van der Waals surface area contributed by atoms with Crippen LogP contribution in [0.1, 0.15) is 27.8 Å². The molecule has 5 aromatic carbocycles. The van der Waals surface area contributed by atoms with Crippen LogP contribution in [0.25, 0.3) is 11.1 Å². The van der Waals surface area contributed by atoms with Crippen LogP contribution in [0, 0.1) is 23.0 Å². The van der Waals surface area contributed by atoms with Gasteiger partial charge in [0.05, 0.1) is 37.0 Å². The van der Waals surface area contributed by atoms with E-state index in [0.717, 1.165) is 22.9 Å². The highest BCUT2D eigenvalue weighted by Gasteiger charge is 2.53. The Morgan fingerprint density at radius 1 is 0.877 bits per heavy atom. The maximum Gasteiger partial charge on any atom is 0.359 e. The number of fused-ring (bicyclic) bond motifs is 3. The van der Waals surface area contributed by atoms with Gasteiger partial charge in [0, 0.05) is 35.8 Å². The molecular formula is C44H31ClF2N4O6. The van der Waals surface area contributed by atoms with E-state index in [9.17, 15) is 10.1 Å². The molecule has 57 heavy (non-hydrogen) atoms. The first-order valence-electron chi connectivity index (χ1n) is 17.7. The summed E-state index contributed by atoms with van der Waals surface area (Å²) in [5.74, 6) is -3.62. The number of esters is 1. The first-order chi connectivity index (χ1) is 27.7. The Balaban J connectivity index is 1.16. The summed E-state index contributed by atoms with van der Waals surface area (Å²) in [6, 6.07) is 32.9. The molecule has 0 fully saturated rings. The van der Waals surface area contributed by atoms with Crippen molar-refractivity contribution in [1.82, 2.24) is 9.88 Å². The van der Waals surface area contributed by atoms with E-state index < -0.39 is 34.8 Å². The SMILES string of the molecule is COC(=O)C1(Oc2ccc(Oc3c(F)cnc(Oc4cc(C#N)ccc4OCc4ccccc4)c3F)c(C3=NCCN3C)c2)c2ccccc2-c2ccc(Cl)cc21. The number of nitriles is 1. The average molecular weight is 785 g/mol. The van der Waals surface area contributed by atoms with Crippen LogP contribution >= 0.6 is 11.6 Å². The van der Waals surface area contributed by atoms with E-state index in [2.05, 4.69) is 9.98 Å². The molecule has 6 aromatic rings. The zero-order chi connectivity index (χ0) is 39.7. The number of methoxy groups -OCH3 is 1. The molecule has 8 rings (SSSR count). The van der Waals surface area contributed by atoms with Crippen LogP contribution in [-0.2, 0) is 21.7 Å². The highest BCUT2D eigenvalue weighted by molar-refractivity contribution is 6.30. The van der Waals surface area contributed by atoms with Gasteiger partial charge in [-0.2, -0.15) is 9.65 Å². The van der Waals surface area contributed by atoms with Crippen LogP contribution < -0.4 is 18.9 Å². The lowest BCUT2D eigenvalue weighted by molar-refractivity contribution is -0.156. The van der Waals surface area contributed by atoms with Crippen molar-refractivity contribution in [2.45, 2.75) is 12.2 Å². The Labute approximate surface area is 331 Å². The van der Waals surface area contributed by atoms with Gasteiger partial charge in [0.15, 0.2) is 17.3 Å². The van der Waals surface area contributed by atoms with Crippen molar-refractivity contribution in [3.63, 3.8) is 0 Å². The Morgan fingerprint density at radius 3 is 2.42 bits per heavy atom. The number of carbonyl (C=O) groups excluding carboxylic acids is 1. The van der Waals surface area contributed by atoms with Crippen molar-refractivity contribution in [2.75, 3.05) is 27.2 Å². The van der Waals surface area contributed by atoms with Crippen molar-refractivity contribution >= 4 is 23.4 Å². The highest BCUT2D eigenvalue weighted by Crippen LogP contribution is 2.51. The zero-order valence-corrected chi connectivity index (χ0v) is 31.2. The van der Waals surface area contributed by atoms with E-state index in [-0.39, 0.29) is 35.2 Å². The molecule has 0 N–H and O–H groups in total. The lowest BCUT2D eigenvalue weighted by Gasteiger charge is -2.30. The van der Waals surface area contributed by atoms with Gasteiger partial charge in [0.2, 0.25) is 11.6 Å². The third-order valence-electron chi connectivity index (χ3n) is 9.58. The number of hydrogen-bond donors (Lipinski definition) is 0. The lowest BCUT2D eigenvalue weighted by Crippen LogP contribution is -2.42. The van der Waals surface area contributed by atoms with E-state index in [1.807, 2.05) is 66.5 Å². The van der Waals surface area contributed by atoms with Gasteiger partial charge in [-0.25, -0.2) is 14.2 Å². The van der Waals surface area contributed by atoms with Gasteiger partial charge in [0.1, 0.15) is 23.9 Å². The van der Waals surface area contributed by atoms with Crippen LogP contribution in [0.5, 0.6) is 34.6 Å². The maximum absolute atomic E-state index is 16.3. The fraction of sp³-hybridized carbons (Fsp3) is 0.136. The molecule has 0 saturated carbocycles. The van der Waals surface area contributed by atoms with Crippen molar-refractivity contribution in [2.24, 2.45) is 4.99 Å². The monoisotopic (exact) mass is 784 g/mol. The second kappa shape index (κ2) is 15.3. The summed E-state index contributed by atoms with van der Waals surface area (Å²) in [6.45, 7) is 1.18. The van der Waals surface area contributed by atoms with Crippen molar-refractivity contribution in [1.29, 1.82) is 5.26 Å². The number of benzene rings is 5. The molecular weight excluding hydrogens is 754 g/mol. The van der Waals surface area contributed by atoms with E-state index in [4.69, 9.17) is 35.3 Å². The van der Waals surface area contributed by atoms with E-state index in [0.29, 0.717) is 40.6 Å². The minimum absolute atomic E-state index is 0.0190. The molecule has 2 aliphatic rings. The summed E-state index contributed by atoms with van der Waals surface area (Å²) in [4.78, 5) is 24.2. The van der Waals surface area contributed by atoms with Crippen LogP contribution in [0.15, 0.2) is 120 Å². The molecule has 1 atom stereocenters. The molecule has 284 valence electrons. The van der Waals surface area contributed by atoms with Gasteiger partial charge >= 0.3 is 5.97 Å². The van der Waals surface area contributed by atoms with Gasteiger partial charge in [-0.05, 0) is 59.2 Å². The fourth-order valence-electron chi connectivity index (χ4n) is 6.89.